The predicted octanol–water partition coefficient (Wildman–Crippen LogP) is 3.21. The fraction of sp³-hybridized carbons (Fsp3) is 0.519. The number of anilines is 1. The van der Waals surface area contributed by atoms with Gasteiger partial charge < -0.3 is 30.3 Å². The molecular weight excluding hydrogens is 476 g/mol. The highest BCUT2D eigenvalue weighted by Gasteiger charge is 2.37. The standard InChI is InChI=1S/C27H36N4O6/c1-27(2,3)37-26(35)31-15-17-10-19(32)9-8-16(17)11-21(31)22(33)13-29-25(34)20-12-24(28-14-23(20)36-4)30-18-6-5-7-18/h8-10,12,14,18,21-22,32-33H,5-7,11,13,15H2,1-4H3,(H,28,30)(H,29,34)/t21-,22+/m0/s1. The zero-order chi connectivity index (χ0) is 26.7. The molecule has 4 N–H and O–H groups in total. The van der Waals surface area contributed by atoms with E-state index in [-0.39, 0.29) is 18.8 Å². The largest absolute Gasteiger partial charge is 0.508 e. The number of hydrogen-bond donors (Lipinski definition) is 4. The van der Waals surface area contributed by atoms with Gasteiger partial charge in [0.2, 0.25) is 0 Å². The number of phenolic OH excluding ortho intramolecular Hbond substituents is 1. The Balaban J connectivity index is 1.48. The number of rotatable bonds is 7. The number of phenols is 1. The quantitative estimate of drug-likeness (QED) is 0.445. The third kappa shape index (κ3) is 6.43. The first-order valence-electron chi connectivity index (χ1n) is 12.6. The Hall–Kier alpha value is -3.53. The van der Waals surface area contributed by atoms with Gasteiger partial charge in [-0.1, -0.05) is 6.07 Å². The van der Waals surface area contributed by atoms with Crippen molar-refractivity contribution < 1.29 is 29.3 Å². The number of nitrogens with one attached hydrogen (secondary N) is 2. The number of carbonyl (C=O) groups excluding carboxylic acids is 2. The zero-order valence-electron chi connectivity index (χ0n) is 21.8. The van der Waals surface area contributed by atoms with E-state index in [0.29, 0.717) is 29.6 Å². The van der Waals surface area contributed by atoms with Crippen LogP contribution in [0.4, 0.5) is 10.6 Å². The second-order valence-corrected chi connectivity index (χ2v) is 10.7. The molecular formula is C27H36N4O6. The Kier molecular flexibility index (Phi) is 7.77. The van der Waals surface area contributed by atoms with Crippen molar-refractivity contribution in [3.63, 3.8) is 0 Å². The summed E-state index contributed by atoms with van der Waals surface area (Å²) in [5, 5.41) is 27.1. The van der Waals surface area contributed by atoms with Crippen molar-refractivity contribution in [3.8, 4) is 11.5 Å². The van der Waals surface area contributed by atoms with E-state index in [2.05, 4.69) is 15.6 Å². The molecule has 1 fully saturated rings. The number of aromatic hydroxyl groups is 1. The van der Waals surface area contributed by atoms with E-state index in [1.165, 1.54) is 24.6 Å². The number of amides is 2. The predicted molar refractivity (Wildman–Crippen MR) is 138 cm³/mol. The monoisotopic (exact) mass is 512 g/mol. The molecule has 10 nitrogen and oxygen atoms in total. The van der Waals surface area contributed by atoms with Gasteiger partial charge in [-0.25, -0.2) is 9.78 Å². The summed E-state index contributed by atoms with van der Waals surface area (Å²) in [4.78, 5) is 31.9. The van der Waals surface area contributed by atoms with E-state index in [1.807, 2.05) is 0 Å². The third-order valence-electron chi connectivity index (χ3n) is 6.69. The summed E-state index contributed by atoms with van der Waals surface area (Å²) in [6, 6.07) is 6.35. The molecule has 2 aliphatic rings. The lowest BCUT2D eigenvalue weighted by molar-refractivity contribution is -0.0113. The number of ether oxygens (including phenoxy) is 2. The molecule has 2 atom stereocenters. The van der Waals surface area contributed by atoms with Crippen LogP contribution < -0.4 is 15.4 Å². The van der Waals surface area contributed by atoms with Gasteiger partial charge in [-0.05, 0) is 75.8 Å². The maximum Gasteiger partial charge on any atom is 0.410 e. The zero-order valence-corrected chi connectivity index (χ0v) is 21.8. The molecule has 200 valence electrons. The highest BCUT2D eigenvalue weighted by molar-refractivity contribution is 5.97. The van der Waals surface area contributed by atoms with Crippen molar-refractivity contribution >= 4 is 17.8 Å². The molecule has 1 aliphatic heterocycles. The molecule has 0 saturated heterocycles. The summed E-state index contributed by atoms with van der Waals surface area (Å²) in [6.07, 6.45) is 3.52. The Bertz CT molecular complexity index is 1140. The van der Waals surface area contributed by atoms with Crippen LogP contribution >= 0.6 is 0 Å². The van der Waals surface area contributed by atoms with Gasteiger partial charge in [0.05, 0.1) is 31.0 Å². The molecule has 0 spiro atoms. The summed E-state index contributed by atoms with van der Waals surface area (Å²) in [7, 11) is 1.47. The number of carbonyl (C=O) groups is 2. The molecule has 10 heteroatoms. The fourth-order valence-corrected chi connectivity index (χ4v) is 4.51. The Morgan fingerprint density at radius 1 is 1.22 bits per heavy atom. The highest BCUT2D eigenvalue weighted by atomic mass is 16.6. The average molecular weight is 513 g/mol. The smallest absolute Gasteiger partial charge is 0.410 e. The Morgan fingerprint density at radius 3 is 2.62 bits per heavy atom. The van der Waals surface area contributed by atoms with Gasteiger partial charge in [-0.2, -0.15) is 0 Å². The lowest BCUT2D eigenvalue weighted by atomic mass is 9.91. The normalized spacial score (nSPS) is 18.3. The molecule has 4 rings (SSSR count). The van der Waals surface area contributed by atoms with Crippen LogP contribution in [0.25, 0.3) is 0 Å². The number of pyridine rings is 1. The number of methoxy groups -OCH3 is 1. The summed E-state index contributed by atoms with van der Waals surface area (Å²) >= 11 is 0. The van der Waals surface area contributed by atoms with E-state index in [1.54, 1.807) is 45.0 Å². The first-order chi connectivity index (χ1) is 17.5. The van der Waals surface area contributed by atoms with Crippen molar-refractivity contribution in [1.82, 2.24) is 15.2 Å². The van der Waals surface area contributed by atoms with Crippen molar-refractivity contribution in [2.75, 3.05) is 19.0 Å². The fourth-order valence-electron chi connectivity index (χ4n) is 4.51. The lowest BCUT2D eigenvalue weighted by Crippen LogP contribution is -2.54. The Labute approximate surface area is 217 Å². The van der Waals surface area contributed by atoms with Crippen molar-refractivity contribution in [3.05, 3.63) is 47.2 Å². The number of aromatic nitrogens is 1. The number of benzene rings is 1. The van der Waals surface area contributed by atoms with Gasteiger partial charge >= 0.3 is 6.09 Å². The average Bonchev–Trinajstić information content (AvgIpc) is 2.82. The SMILES string of the molecule is COc1cnc(NC2CCC2)cc1C(=O)NC[C@@H](O)[C@@H]1Cc2ccc(O)cc2CN1C(=O)OC(C)(C)C. The number of aliphatic hydroxyl groups is 1. The molecule has 1 aliphatic carbocycles. The summed E-state index contributed by atoms with van der Waals surface area (Å²) in [6.45, 7) is 5.40. The molecule has 2 amide bonds. The van der Waals surface area contributed by atoms with Crippen LogP contribution in [0.1, 0.15) is 61.5 Å². The van der Waals surface area contributed by atoms with E-state index >= 15 is 0 Å². The molecule has 37 heavy (non-hydrogen) atoms. The third-order valence-corrected chi connectivity index (χ3v) is 6.69. The van der Waals surface area contributed by atoms with E-state index in [9.17, 15) is 19.8 Å². The maximum atomic E-state index is 13.1. The summed E-state index contributed by atoms with van der Waals surface area (Å²) in [5.74, 6) is 0.610. The lowest BCUT2D eigenvalue weighted by Gasteiger charge is -2.40. The van der Waals surface area contributed by atoms with Crippen LogP contribution in [0.15, 0.2) is 30.5 Å². The van der Waals surface area contributed by atoms with Crippen LogP contribution in [-0.4, -0.2) is 69.5 Å². The van der Waals surface area contributed by atoms with Gasteiger partial charge in [0.25, 0.3) is 5.91 Å². The van der Waals surface area contributed by atoms with Gasteiger partial charge in [-0.3, -0.25) is 9.69 Å². The van der Waals surface area contributed by atoms with Crippen LogP contribution in [0, 0.1) is 0 Å². The molecule has 0 radical (unpaired) electrons. The molecule has 1 aromatic heterocycles. The molecule has 2 heterocycles. The molecule has 1 aromatic carbocycles. The number of fused-ring (bicyclic) bond motifs is 1. The second kappa shape index (κ2) is 10.8. The molecule has 2 aromatic rings. The van der Waals surface area contributed by atoms with Crippen LogP contribution in [0.3, 0.4) is 0 Å². The maximum absolute atomic E-state index is 13.1. The van der Waals surface area contributed by atoms with Gasteiger partial charge in [-0.15, -0.1) is 0 Å². The topological polar surface area (TPSA) is 133 Å². The minimum absolute atomic E-state index is 0.0902. The van der Waals surface area contributed by atoms with E-state index < -0.39 is 29.7 Å². The summed E-state index contributed by atoms with van der Waals surface area (Å²) in [5.41, 5.74) is 1.28. The second-order valence-electron chi connectivity index (χ2n) is 10.7. The van der Waals surface area contributed by atoms with Crippen LogP contribution in [0.2, 0.25) is 0 Å². The number of nitrogens with zero attached hydrogens (tertiary/aromatic N) is 2. The molecule has 0 unspecified atom stereocenters. The van der Waals surface area contributed by atoms with Gasteiger partial charge in [0, 0.05) is 19.1 Å². The van der Waals surface area contributed by atoms with Crippen molar-refractivity contribution in [1.29, 1.82) is 0 Å². The first-order valence-corrected chi connectivity index (χ1v) is 12.6. The van der Waals surface area contributed by atoms with Crippen LogP contribution in [0.5, 0.6) is 11.5 Å². The van der Waals surface area contributed by atoms with E-state index in [0.717, 1.165) is 24.0 Å². The number of aliphatic hydroxyl groups excluding tert-OH is 1. The van der Waals surface area contributed by atoms with Crippen LogP contribution in [-0.2, 0) is 17.7 Å². The summed E-state index contributed by atoms with van der Waals surface area (Å²) < 4.78 is 10.9. The van der Waals surface area contributed by atoms with Gasteiger partial charge in [0.15, 0.2) is 0 Å². The molecule has 0 bridgehead atoms. The van der Waals surface area contributed by atoms with E-state index in [4.69, 9.17) is 9.47 Å². The first kappa shape index (κ1) is 26.5. The highest BCUT2D eigenvalue weighted by Crippen LogP contribution is 2.30. The van der Waals surface area contributed by atoms with Crippen molar-refractivity contribution in [2.24, 2.45) is 0 Å². The minimum Gasteiger partial charge on any atom is -0.508 e. The van der Waals surface area contributed by atoms with Crippen molar-refractivity contribution in [2.45, 2.75) is 76.8 Å². The minimum atomic E-state index is -1.07. The number of hydrogen-bond acceptors (Lipinski definition) is 8. The molecule has 1 saturated carbocycles. The van der Waals surface area contributed by atoms with Gasteiger partial charge in [0.1, 0.15) is 22.9 Å². The Morgan fingerprint density at radius 2 is 1.97 bits per heavy atom.